The molecule has 0 saturated carbocycles. The lowest BCUT2D eigenvalue weighted by molar-refractivity contribution is 0.508. The summed E-state index contributed by atoms with van der Waals surface area (Å²) in [6, 6.07) is 4.23. The van der Waals surface area contributed by atoms with E-state index in [2.05, 4.69) is 0 Å². The Hall–Kier alpha value is -1.22. The fraction of sp³-hybridized carbons (Fsp3) is 0.333. The van der Waals surface area contributed by atoms with Crippen molar-refractivity contribution in [3.05, 3.63) is 41.5 Å². The highest BCUT2D eigenvalue weighted by Crippen LogP contribution is 2.27. The molecule has 0 amide bonds. The highest BCUT2D eigenvalue weighted by atomic mass is 19.2. The zero-order valence-corrected chi connectivity index (χ0v) is 8.34. The Balaban J connectivity index is 2.26. The smallest absolute Gasteiger partial charge is 0.159 e. The Morgan fingerprint density at radius 1 is 1.20 bits per heavy atom. The summed E-state index contributed by atoms with van der Waals surface area (Å²) < 4.78 is 25.7. The number of benzene rings is 1. The van der Waals surface area contributed by atoms with Crippen LogP contribution in [0.2, 0.25) is 0 Å². The molecule has 1 atom stereocenters. The molecule has 2 rings (SSSR count). The van der Waals surface area contributed by atoms with E-state index in [1.54, 1.807) is 6.07 Å². The van der Waals surface area contributed by atoms with Gasteiger partial charge in [-0.15, -0.1) is 0 Å². The van der Waals surface area contributed by atoms with E-state index in [1.807, 2.05) is 6.08 Å². The molecule has 1 aliphatic carbocycles. The van der Waals surface area contributed by atoms with E-state index in [0.29, 0.717) is 0 Å². The van der Waals surface area contributed by atoms with Gasteiger partial charge in [0.2, 0.25) is 0 Å². The second-order valence-corrected chi connectivity index (χ2v) is 3.89. The van der Waals surface area contributed by atoms with Crippen molar-refractivity contribution in [2.24, 2.45) is 5.73 Å². The van der Waals surface area contributed by atoms with E-state index in [1.165, 1.54) is 12.1 Å². The monoisotopic (exact) mass is 209 g/mol. The molecule has 80 valence electrons. The second-order valence-electron chi connectivity index (χ2n) is 3.89. The average molecular weight is 209 g/mol. The molecule has 1 unspecified atom stereocenters. The first-order chi connectivity index (χ1) is 7.16. The molecule has 0 saturated heterocycles. The highest BCUT2D eigenvalue weighted by Gasteiger charge is 2.13. The zero-order valence-electron chi connectivity index (χ0n) is 8.34. The molecule has 0 fully saturated rings. The summed E-state index contributed by atoms with van der Waals surface area (Å²) in [5.41, 5.74) is 7.58. The van der Waals surface area contributed by atoms with E-state index < -0.39 is 11.6 Å². The number of hydrogen-bond donors (Lipinski definition) is 1. The van der Waals surface area contributed by atoms with E-state index in [-0.39, 0.29) is 6.04 Å². The topological polar surface area (TPSA) is 26.0 Å². The molecular weight excluding hydrogens is 196 g/mol. The van der Waals surface area contributed by atoms with Gasteiger partial charge in [-0.3, -0.25) is 0 Å². The second kappa shape index (κ2) is 4.11. The maximum atomic E-state index is 13.0. The third-order valence-corrected chi connectivity index (χ3v) is 2.74. The zero-order chi connectivity index (χ0) is 10.8. The quantitative estimate of drug-likeness (QED) is 0.756. The van der Waals surface area contributed by atoms with Crippen LogP contribution in [0.25, 0.3) is 5.57 Å². The fourth-order valence-corrected chi connectivity index (χ4v) is 1.81. The first kappa shape index (κ1) is 10.3. The molecule has 1 aromatic rings. The van der Waals surface area contributed by atoms with Crippen molar-refractivity contribution >= 4 is 5.57 Å². The molecule has 0 bridgehead atoms. The van der Waals surface area contributed by atoms with Gasteiger partial charge in [0.05, 0.1) is 0 Å². The molecule has 2 N–H and O–H groups in total. The molecule has 1 nitrogen and oxygen atoms in total. The number of hydrogen-bond acceptors (Lipinski definition) is 1. The fourth-order valence-electron chi connectivity index (χ4n) is 1.81. The van der Waals surface area contributed by atoms with Crippen LogP contribution in [0.1, 0.15) is 24.8 Å². The third kappa shape index (κ3) is 2.23. The van der Waals surface area contributed by atoms with Gasteiger partial charge in [-0.2, -0.15) is 0 Å². The Morgan fingerprint density at radius 2 is 2.00 bits per heavy atom. The Bertz CT molecular complexity index is 399. The maximum absolute atomic E-state index is 13.0. The molecule has 1 aromatic carbocycles. The van der Waals surface area contributed by atoms with Crippen molar-refractivity contribution in [3.63, 3.8) is 0 Å². The van der Waals surface area contributed by atoms with Crippen molar-refractivity contribution in [1.29, 1.82) is 0 Å². The molecule has 0 heterocycles. The molecule has 3 heteroatoms. The van der Waals surface area contributed by atoms with Gasteiger partial charge < -0.3 is 5.73 Å². The van der Waals surface area contributed by atoms with Crippen molar-refractivity contribution in [3.8, 4) is 0 Å². The summed E-state index contributed by atoms with van der Waals surface area (Å²) in [6.45, 7) is 0. The van der Waals surface area contributed by atoms with Crippen LogP contribution in [0.3, 0.4) is 0 Å². The van der Waals surface area contributed by atoms with Gasteiger partial charge in [-0.1, -0.05) is 12.1 Å². The van der Waals surface area contributed by atoms with Crippen molar-refractivity contribution in [1.82, 2.24) is 0 Å². The van der Waals surface area contributed by atoms with Gasteiger partial charge >= 0.3 is 0 Å². The normalized spacial score (nSPS) is 21.3. The van der Waals surface area contributed by atoms with Gasteiger partial charge in [0.1, 0.15) is 0 Å². The predicted octanol–water partition coefficient (Wildman–Crippen LogP) is 2.86. The van der Waals surface area contributed by atoms with Crippen molar-refractivity contribution < 1.29 is 8.78 Å². The van der Waals surface area contributed by atoms with E-state index in [9.17, 15) is 8.78 Å². The molecule has 0 spiro atoms. The van der Waals surface area contributed by atoms with Crippen LogP contribution in [0.4, 0.5) is 8.78 Å². The summed E-state index contributed by atoms with van der Waals surface area (Å²) in [6.07, 6.45) is 4.58. The largest absolute Gasteiger partial charge is 0.327 e. The molecular formula is C12H13F2N. The summed E-state index contributed by atoms with van der Waals surface area (Å²) in [4.78, 5) is 0. The van der Waals surface area contributed by atoms with Crippen LogP contribution in [0.15, 0.2) is 24.3 Å². The maximum Gasteiger partial charge on any atom is 0.159 e. The lowest BCUT2D eigenvalue weighted by Crippen LogP contribution is -2.21. The summed E-state index contributed by atoms with van der Waals surface area (Å²) in [5, 5.41) is 0. The lowest BCUT2D eigenvalue weighted by Gasteiger charge is -2.18. The van der Waals surface area contributed by atoms with E-state index >= 15 is 0 Å². The summed E-state index contributed by atoms with van der Waals surface area (Å²) >= 11 is 0. The standard InChI is InChI=1S/C12H13F2N/c13-11-6-3-9(7-12(11)14)8-1-4-10(15)5-2-8/h1,3,6-7,10H,2,4-5,15H2. The minimum absolute atomic E-state index is 0.207. The van der Waals surface area contributed by atoms with Crippen LogP contribution in [0, 0.1) is 11.6 Å². The molecule has 0 radical (unpaired) electrons. The lowest BCUT2D eigenvalue weighted by atomic mass is 9.91. The molecule has 15 heavy (non-hydrogen) atoms. The van der Waals surface area contributed by atoms with Crippen LogP contribution < -0.4 is 5.73 Å². The van der Waals surface area contributed by atoms with Gasteiger partial charge in [-0.25, -0.2) is 8.78 Å². The third-order valence-electron chi connectivity index (χ3n) is 2.74. The van der Waals surface area contributed by atoms with Gasteiger partial charge in [-0.05, 0) is 42.5 Å². The van der Waals surface area contributed by atoms with Crippen molar-refractivity contribution in [2.45, 2.75) is 25.3 Å². The molecule has 1 aliphatic rings. The number of nitrogens with two attached hydrogens (primary N) is 1. The average Bonchev–Trinajstić information content (AvgIpc) is 2.23. The number of halogens is 2. The first-order valence-corrected chi connectivity index (χ1v) is 5.07. The predicted molar refractivity (Wildman–Crippen MR) is 56.2 cm³/mol. The van der Waals surface area contributed by atoms with Gasteiger partial charge in [0.25, 0.3) is 0 Å². The number of rotatable bonds is 1. The SMILES string of the molecule is NC1CC=C(c2ccc(F)c(F)c2)CC1. The van der Waals surface area contributed by atoms with Crippen molar-refractivity contribution in [2.75, 3.05) is 0 Å². The van der Waals surface area contributed by atoms with Crippen LogP contribution in [0.5, 0.6) is 0 Å². The van der Waals surface area contributed by atoms with Gasteiger partial charge in [0, 0.05) is 6.04 Å². The van der Waals surface area contributed by atoms with Crippen LogP contribution >= 0.6 is 0 Å². The molecule has 0 aromatic heterocycles. The van der Waals surface area contributed by atoms with Crippen LogP contribution in [-0.2, 0) is 0 Å². The Labute approximate surface area is 87.6 Å². The number of allylic oxidation sites excluding steroid dienone is 1. The summed E-state index contributed by atoms with van der Waals surface area (Å²) in [7, 11) is 0. The minimum Gasteiger partial charge on any atom is -0.327 e. The van der Waals surface area contributed by atoms with E-state index in [4.69, 9.17) is 5.73 Å². The first-order valence-electron chi connectivity index (χ1n) is 5.07. The minimum atomic E-state index is -0.799. The highest BCUT2D eigenvalue weighted by molar-refractivity contribution is 5.66. The summed E-state index contributed by atoms with van der Waals surface area (Å²) in [5.74, 6) is -1.59. The Morgan fingerprint density at radius 3 is 2.60 bits per heavy atom. The van der Waals surface area contributed by atoms with E-state index in [0.717, 1.165) is 30.4 Å². The van der Waals surface area contributed by atoms with Gasteiger partial charge in [0.15, 0.2) is 11.6 Å². The van der Waals surface area contributed by atoms with Crippen LogP contribution in [-0.4, -0.2) is 6.04 Å². The Kier molecular flexibility index (Phi) is 2.82. The molecule has 0 aliphatic heterocycles.